The smallest absolute Gasteiger partial charge is 0.269 e. The van der Waals surface area contributed by atoms with Crippen LogP contribution in [0.2, 0.25) is 0 Å². The van der Waals surface area contributed by atoms with Crippen LogP contribution in [0.25, 0.3) is 5.57 Å². The maximum Gasteiger partial charge on any atom is 0.269 e. The lowest BCUT2D eigenvalue weighted by Crippen LogP contribution is -2.32. The SMILES string of the molecule is COc1ccc(NC(CC2=CC(C)(C)Nc3cc(OC)cc(OC)c32)c2cccc([N+](=O)[O-])c2)cc1. The first-order valence-electron chi connectivity index (χ1n) is 11.6. The van der Waals surface area contributed by atoms with E-state index in [2.05, 4.69) is 30.6 Å². The average molecular weight is 490 g/mol. The van der Waals surface area contributed by atoms with E-state index in [4.69, 9.17) is 14.2 Å². The van der Waals surface area contributed by atoms with Crippen molar-refractivity contribution in [2.75, 3.05) is 32.0 Å². The highest BCUT2D eigenvalue weighted by Crippen LogP contribution is 2.46. The Morgan fingerprint density at radius 1 is 0.972 bits per heavy atom. The third-order valence-corrected chi connectivity index (χ3v) is 6.18. The quantitative estimate of drug-likeness (QED) is 0.263. The second kappa shape index (κ2) is 10.2. The molecule has 1 heterocycles. The Labute approximate surface area is 211 Å². The summed E-state index contributed by atoms with van der Waals surface area (Å²) in [5.74, 6) is 2.14. The largest absolute Gasteiger partial charge is 0.497 e. The Kier molecular flexibility index (Phi) is 7.05. The van der Waals surface area contributed by atoms with Crippen LogP contribution >= 0.6 is 0 Å². The summed E-state index contributed by atoms with van der Waals surface area (Å²) >= 11 is 0. The molecule has 0 aromatic heterocycles. The van der Waals surface area contributed by atoms with Crippen LogP contribution in [0.4, 0.5) is 17.1 Å². The molecule has 36 heavy (non-hydrogen) atoms. The molecule has 0 saturated heterocycles. The van der Waals surface area contributed by atoms with E-state index in [1.165, 1.54) is 6.07 Å². The van der Waals surface area contributed by atoms with Gasteiger partial charge < -0.3 is 24.8 Å². The Morgan fingerprint density at radius 2 is 1.69 bits per heavy atom. The predicted octanol–water partition coefficient (Wildman–Crippen LogP) is 6.45. The molecule has 0 radical (unpaired) electrons. The van der Waals surface area contributed by atoms with Gasteiger partial charge in [-0.1, -0.05) is 18.2 Å². The van der Waals surface area contributed by atoms with Crippen molar-refractivity contribution in [3.05, 3.63) is 88.0 Å². The van der Waals surface area contributed by atoms with Crippen molar-refractivity contribution in [1.29, 1.82) is 0 Å². The van der Waals surface area contributed by atoms with Gasteiger partial charge in [-0.25, -0.2) is 0 Å². The molecule has 2 N–H and O–H groups in total. The summed E-state index contributed by atoms with van der Waals surface area (Å²) in [5.41, 5.74) is 4.34. The minimum Gasteiger partial charge on any atom is -0.497 e. The number of rotatable bonds is 9. The normalized spacial score (nSPS) is 14.5. The van der Waals surface area contributed by atoms with Crippen molar-refractivity contribution in [2.24, 2.45) is 0 Å². The molecule has 1 atom stereocenters. The molecule has 4 rings (SSSR count). The van der Waals surface area contributed by atoms with Crippen LogP contribution in [-0.2, 0) is 0 Å². The van der Waals surface area contributed by atoms with Gasteiger partial charge in [-0.2, -0.15) is 0 Å². The zero-order valence-corrected chi connectivity index (χ0v) is 21.1. The number of nitrogens with zero attached hydrogens (tertiary/aromatic N) is 1. The van der Waals surface area contributed by atoms with Gasteiger partial charge in [0.15, 0.2) is 0 Å². The summed E-state index contributed by atoms with van der Waals surface area (Å²) in [4.78, 5) is 11.1. The molecular formula is C28H31N3O5. The zero-order chi connectivity index (χ0) is 25.9. The minimum absolute atomic E-state index is 0.0522. The lowest BCUT2D eigenvalue weighted by Gasteiger charge is -2.35. The van der Waals surface area contributed by atoms with Crippen LogP contribution in [0.1, 0.15) is 37.4 Å². The number of methoxy groups -OCH3 is 3. The van der Waals surface area contributed by atoms with Gasteiger partial charge in [0.1, 0.15) is 17.2 Å². The van der Waals surface area contributed by atoms with Crippen molar-refractivity contribution in [3.63, 3.8) is 0 Å². The third-order valence-electron chi connectivity index (χ3n) is 6.18. The molecule has 3 aromatic carbocycles. The molecule has 0 saturated carbocycles. The van der Waals surface area contributed by atoms with E-state index < -0.39 is 0 Å². The van der Waals surface area contributed by atoms with Crippen molar-refractivity contribution < 1.29 is 19.1 Å². The van der Waals surface area contributed by atoms with E-state index in [0.717, 1.165) is 33.8 Å². The van der Waals surface area contributed by atoms with Gasteiger partial charge in [-0.3, -0.25) is 10.1 Å². The van der Waals surface area contributed by atoms with E-state index in [-0.39, 0.29) is 22.2 Å². The first kappa shape index (κ1) is 24.9. The monoisotopic (exact) mass is 489 g/mol. The van der Waals surface area contributed by atoms with Crippen LogP contribution in [0, 0.1) is 10.1 Å². The maximum atomic E-state index is 11.5. The van der Waals surface area contributed by atoms with Gasteiger partial charge in [-0.05, 0) is 55.7 Å². The number of benzene rings is 3. The number of ether oxygens (including phenoxy) is 3. The molecule has 188 valence electrons. The molecule has 1 unspecified atom stereocenters. The molecule has 0 amide bonds. The molecule has 8 heteroatoms. The summed E-state index contributed by atoms with van der Waals surface area (Å²) in [6, 6.07) is 18.0. The van der Waals surface area contributed by atoms with E-state index in [1.54, 1.807) is 33.5 Å². The fraction of sp³-hybridized carbons (Fsp3) is 0.286. The molecular weight excluding hydrogens is 458 g/mol. The number of nitro benzene ring substituents is 1. The summed E-state index contributed by atoms with van der Waals surface area (Å²) in [5, 5.41) is 18.6. The van der Waals surface area contributed by atoms with E-state index in [1.807, 2.05) is 42.5 Å². The van der Waals surface area contributed by atoms with Crippen LogP contribution < -0.4 is 24.8 Å². The maximum absolute atomic E-state index is 11.5. The minimum atomic E-state index is -0.370. The van der Waals surface area contributed by atoms with Gasteiger partial charge in [-0.15, -0.1) is 0 Å². The van der Waals surface area contributed by atoms with E-state index in [9.17, 15) is 10.1 Å². The summed E-state index contributed by atoms with van der Waals surface area (Å²) in [7, 11) is 4.89. The Bertz CT molecular complexity index is 1280. The average Bonchev–Trinajstić information content (AvgIpc) is 2.87. The summed E-state index contributed by atoms with van der Waals surface area (Å²) in [6.07, 6.45) is 2.75. The molecule has 1 aliphatic rings. The lowest BCUT2D eigenvalue weighted by atomic mass is 9.85. The number of anilines is 2. The third kappa shape index (κ3) is 5.38. The van der Waals surface area contributed by atoms with Crippen LogP contribution in [-0.4, -0.2) is 31.8 Å². The number of nitrogens with one attached hydrogen (secondary N) is 2. The van der Waals surface area contributed by atoms with E-state index in [0.29, 0.717) is 17.9 Å². The standard InChI is InChI=1S/C28H31N3O5/c1-28(2)17-19(27-25(30-28)15-23(35-4)16-26(27)36-5)14-24(18-7-6-8-21(13-18)31(32)33)29-20-9-11-22(34-3)12-10-20/h6-13,15-17,24,29-30H,14H2,1-5H3. The van der Waals surface area contributed by atoms with Gasteiger partial charge in [0.05, 0.1) is 37.8 Å². The molecule has 8 nitrogen and oxygen atoms in total. The second-order valence-electron chi connectivity index (χ2n) is 9.25. The van der Waals surface area contributed by atoms with Crippen molar-refractivity contribution in [1.82, 2.24) is 0 Å². The highest BCUT2D eigenvalue weighted by atomic mass is 16.6. The Balaban J connectivity index is 1.79. The number of hydrogen-bond acceptors (Lipinski definition) is 7. The molecule has 1 aliphatic heterocycles. The van der Waals surface area contributed by atoms with Crippen LogP contribution in [0.15, 0.2) is 66.7 Å². The lowest BCUT2D eigenvalue weighted by molar-refractivity contribution is -0.384. The summed E-state index contributed by atoms with van der Waals surface area (Å²) < 4.78 is 16.5. The molecule has 0 spiro atoms. The number of nitro groups is 1. The van der Waals surface area contributed by atoms with Crippen molar-refractivity contribution >= 4 is 22.6 Å². The molecule has 3 aromatic rings. The first-order valence-corrected chi connectivity index (χ1v) is 11.6. The fourth-order valence-electron chi connectivity index (χ4n) is 4.57. The van der Waals surface area contributed by atoms with Gasteiger partial charge in [0.25, 0.3) is 5.69 Å². The number of non-ortho nitro benzene ring substituents is 1. The zero-order valence-electron chi connectivity index (χ0n) is 21.1. The summed E-state index contributed by atoms with van der Waals surface area (Å²) in [6.45, 7) is 4.20. The number of hydrogen-bond donors (Lipinski definition) is 2. The van der Waals surface area contributed by atoms with E-state index >= 15 is 0 Å². The molecule has 0 fully saturated rings. The van der Waals surface area contributed by atoms with Crippen molar-refractivity contribution in [3.8, 4) is 17.2 Å². The van der Waals surface area contributed by atoms with Gasteiger partial charge >= 0.3 is 0 Å². The molecule has 0 bridgehead atoms. The predicted molar refractivity (Wildman–Crippen MR) is 142 cm³/mol. The van der Waals surface area contributed by atoms with Gasteiger partial charge in [0.2, 0.25) is 0 Å². The highest BCUT2D eigenvalue weighted by molar-refractivity contribution is 5.86. The Morgan fingerprint density at radius 3 is 2.33 bits per heavy atom. The van der Waals surface area contributed by atoms with Crippen LogP contribution in [0.3, 0.4) is 0 Å². The Hall–Kier alpha value is -4.20. The number of fused-ring (bicyclic) bond motifs is 1. The van der Waals surface area contributed by atoms with Crippen molar-refractivity contribution in [2.45, 2.75) is 31.8 Å². The highest BCUT2D eigenvalue weighted by Gasteiger charge is 2.30. The first-order chi connectivity index (χ1) is 17.2. The topological polar surface area (TPSA) is 94.9 Å². The fourth-order valence-corrected chi connectivity index (χ4v) is 4.57. The van der Waals surface area contributed by atoms with Crippen LogP contribution in [0.5, 0.6) is 17.2 Å². The second-order valence-corrected chi connectivity index (χ2v) is 9.25. The molecule has 0 aliphatic carbocycles. The van der Waals surface area contributed by atoms with Gasteiger partial charge in [0, 0.05) is 41.2 Å².